The number of ether oxygens (including phenoxy) is 1. The fraction of sp³-hybridized carbons (Fsp3) is 0.650. The lowest BCUT2D eigenvalue weighted by Crippen LogP contribution is -2.48. The van der Waals surface area contributed by atoms with Gasteiger partial charge in [0, 0.05) is 29.8 Å². The Bertz CT molecular complexity index is 896. The summed E-state index contributed by atoms with van der Waals surface area (Å²) in [6.07, 6.45) is 12.3. The van der Waals surface area contributed by atoms with Gasteiger partial charge in [0.05, 0.1) is 0 Å². The van der Waals surface area contributed by atoms with Crippen LogP contribution in [0.15, 0.2) is 17.7 Å². The second-order valence-corrected chi connectivity index (χ2v) is 10.6. The lowest BCUT2D eigenvalue weighted by Gasteiger charge is -2.53. The van der Waals surface area contributed by atoms with Crippen LogP contribution in [-0.2, 0) is 9.84 Å². The van der Waals surface area contributed by atoms with Crippen molar-refractivity contribution in [2.45, 2.75) is 69.9 Å². The summed E-state index contributed by atoms with van der Waals surface area (Å²) >= 11 is 0. The van der Waals surface area contributed by atoms with Gasteiger partial charge < -0.3 is 10.1 Å². The van der Waals surface area contributed by atoms with Crippen molar-refractivity contribution in [3.05, 3.63) is 29.1 Å². The fourth-order valence-corrected chi connectivity index (χ4v) is 4.51. The van der Waals surface area contributed by atoms with E-state index in [1.54, 1.807) is 6.92 Å². The van der Waals surface area contributed by atoms with Crippen molar-refractivity contribution < 1.29 is 17.9 Å². The Morgan fingerprint density at radius 3 is 2.64 bits per heavy atom. The summed E-state index contributed by atoms with van der Waals surface area (Å²) in [5, 5.41) is 3.86. The van der Waals surface area contributed by atoms with Crippen molar-refractivity contribution in [3.63, 3.8) is 0 Å². The minimum absolute atomic E-state index is 0.108. The Kier molecular flexibility index (Phi) is 4.93. The first-order valence-corrected chi connectivity index (χ1v) is 11.9. The molecular formula is C20H27N3O4S. The van der Waals surface area contributed by atoms with E-state index < -0.39 is 15.9 Å². The summed E-state index contributed by atoms with van der Waals surface area (Å²) < 4.78 is 28.6. The number of sulfone groups is 1. The average molecular weight is 406 g/mol. The van der Waals surface area contributed by atoms with Crippen LogP contribution < -0.4 is 10.1 Å². The normalized spacial score (nSPS) is 22.5. The largest absolute Gasteiger partial charge is 0.474 e. The predicted octanol–water partition coefficient (Wildman–Crippen LogP) is 2.74. The average Bonchev–Trinajstić information content (AvgIpc) is 3.38. The van der Waals surface area contributed by atoms with Crippen LogP contribution in [0.25, 0.3) is 0 Å². The van der Waals surface area contributed by atoms with Crippen molar-refractivity contribution in [2.75, 3.05) is 6.26 Å². The number of carbonyl (C=O) groups is 1. The SMILES string of the molecule is CC(/C=C/S(C)(=O)=O)NC(=O)c1cnc(C2CC2)nc1OC1CC2(CCC2)C1. The zero-order chi connectivity index (χ0) is 19.9. The van der Waals surface area contributed by atoms with Gasteiger partial charge in [-0.3, -0.25) is 4.79 Å². The van der Waals surface area contributed by atoms with Crippen molar-refractivity contribution in [3.8, 4) is 5.88 Å². The highest BCUT2D eigenvalue weighted by atomic mass is 32.2. The molecule has 0 saturated heterocycles. The molecule has 1 unspecified atom stereocenters. The number of nitrogens with one attached hydrogen (secondary N) is 1. The van der Waals surface area contributed by atoms with Crippen molar-refractivity contribution >= 4 is 15.7 Å². The Morgan fingerprint density at radius 1 is 1.36 bits per heavy atom. The van der Waals surface area contributed by atoms with Gasteiger partial charge in [0.15, 0.2) is 9.84 Å². The van der Waals surface area contributed by atoms with E-state index in [1.807, 2.05) is 0 Å². The second-order valence-electron chi connectivity index (χ2n) is 8.64. The van der Waals surface area contributed by atoms with Gasteiger partial charge in [-0.2, -0.15) is 4.98 Å². The third-order valence-corrected chi connectivity index (χ3v) is 6.60. The molecule has 1 heterocycles. The maximum atomic E-state index is 12.7. The summed E-state index contributed by atoms with van der Waals surface area (Å²) in [5.74, 6) is 1.11. The van der Waals surface area contributed by atoms with Crippen LogP contribution in [0.1, 0.15) is 74.0 Å². The van der Waals surface area contributed by atoms with Crippen LogP contribution in [0, 0.1) is 5.41 Å². The van der Waals surface area contributed by atoms with E-state index in [0.717, 1.165) is 43.2 Å². The quantitative estimate of drug-likeness (QED) is 0.749. The molecule has 3 fully saturated rings. The van der Waals surface area contributed by atoms with Gasteiger partial charge in [0.1, 0.15) is 17.5 Å². The third kappa shape index (κ3) is 4.37. The van der Waals surface area contributed by atoms with Crippen LogP contribution in [0.4, 0.5) is 0 Å². The van der Waals surface area contributed by atoms with Gasteiger partial charge >= 0.3 is 0 Å². The molecule has 0 aliphatic heterocycles. The molecule has 0 radical (unpaired) electrons. The summed E-state index contributed by atoms with van der Waals surface area (Å²) in [7, 11) is -3.24. The van der Waals surface area contributed by atoms with Gasteiger partial charge in [-0.1, -0.05) is 12.5 Å². The van der Waals surface area contributed by atoms with Gasteiger partial charge in [0.25, 0.3) is 5.91 Å². The molecule has 1 atom stereocenters. The highest BCUT2D eigenvalue weighted by Crippen LogP contribution is 2.56. The van der Waals surface area contributed by atoms with Crippen molar-refractivity contribution in [1.82, 2.24) is 15.3 Å². The van der Waals surface area contributed by atoms with E-state index in [0.29, 0.717) is 22.8 Å². The number of rotatable bonds is 7. The van der Waals surface area contributed by atoms with E-state index in [2.05, 4.69) is 15.3 Å². The molecule has 3 saturated carbocycles. The standard InChI is InChI=1S/C20H27N3O4S/c1-13(6-9-28(2,25)26)22-18(24)16-12-21-17(14-4-5-14)23-19(16)27-15-10-20(11-15)7-3-8-20/h6,9,12-15H,3-5,7-8,10-11H2,1-2H3,(H,22,24)/b9-6+. The van der Waals surface area contributed by atoms with E-state index in [1.165, 1.54) is 31.5 Å². The molecule has 1 aromatic heterocycles. The van der Waals surface area contributed by atoms with Crippen LogP contribution >= 0.6 is 0 Å². The first-order chi connectivity index (χ1) is 13.2. The van der Waals surface area contributed by atoms with Crippen molar-refractivity contribution in [1.29, 1.82) is 0 Å². The second kappa shape index (κ2) is 7.13. The Morgan fingerprint density at radius 2 is 2.07 bits per heavy atom. The van der Waals surface area contributed by atoms with Crippen LogP contribution in [0.3, 0.4) is 0 Å². The molecule has 28 heavy (non-hydrogen) atoms. The van der Waals surface area contributed by atoms with Gasteiger partial charge in [-0.05, 0) is 50.9 Å². The van der Waals surface area contributed by atoms with Gasteiger partial charge in [-0.25, -0.2) is 13.4 Å². The topological polar surface area (TPSA) is 98.2 Å². The van der Waals surface area contributed by atoms with Crippen LogP contribution in [0.5, 0.6) is 5.88 Å². The molecular weight excluding hydrogens is 378 g/mol. The molecule has 152 valence electrons. The maximum Gasteiger partial charge on any atom is 0.258 e. The first-order valence-electron chi connectivity index (χ1n) is 9.96. The zero-order valence-electron chi connectivity index (χ0n) is 16.3. The van der Waals surface area contributed by atoms with E-state index in [4.69, 9.17) is 4.74 Å². The number of carbonyl (C=O) groups excluding carboxylic acids is 1. The smallest absolute Gasteiger partial charge is 0.258 e. The number of aromatic nitrogens is 2. The van der Waals surface area contributed by atoms with E-state index >= 15 is 0 Å². The molecule has 1 N–H and O–H groups in total. The summed E-state index contributed by atoms with van der Waals surface area (Å²) in [5.41, 5.74) is 0.781. The number of nitrogens with zero attached hydrogens (tertiary/aromatic N) is 2. The monoisotopic (exact) mass is 405 g/mol. The van der Waals surface area contributed by atoms with Gasteiger partial charge in [0.2, 0.25) is 5.88 Å². The molecule has 3 aliphatic carbocycles. The number of hydrogen-bond acceptors (Lipinski definition) is 6. The molecule has 8 heteroatoms. The lowest BCUT2D eigenvalue weighted by molar-refractivity contribution is -0.0699. The minimum atomic E-state index is -3.24. The first kappa shape index (κ1) is 19.4. The Labute approximate surface area is 165 Å². The molecule has 0 aromatic carbocycles. The maximum absolute atomic E-state index is 12.7. The van der Waals surface area contributed by atoms with E-state index in [9.17, 15) is 13.2 Å². The molecule has 3 aliphatic rings. The zero-order valence-corrected chi connectivity index (χ0v) is 17.2. The number of amides is 1. The molecule has 0 bridgehead atoms. The van der Waals surface area contributed by atoms with Crippen molar-refractivity contribution in [2.24, 2.45) is 5.41 Å². The molecule has 4 rings (SSSR count). The van der Waals surface area contributed by atoms with Crippen LogP contribution in [0.2, 0.25) is 0 Å². The number of hydrogen-bond donors (Lipinski definition) is 1. The highest BCUT2D eigenvalue weighted by Gasteiger charge is 2.49. The molecule has 1 amide bonds. The van der Waals surface area contributed by atoms with Gasteiger partial charge in [-0.15, -0.1) is 0 Å². The Balaban J connectivity index is 1.47. The Hall–Kier alpha value is -1.96. The lowest BCUT2D eigenvalue weighted by atomic mass is 9.55. The minimum Gasteiger partial charge on any atom is -0.474 e. The summed E-state index contributed by atoms with van der Waals surface area (Å²) in [6, 6.07) is -0.444. The summed E-state index contributed by atoms with van der Waals surface area (Å²) in [6.45, 7) is 1.71. The molecule has 1 spiro atoms. The van der Waals surface area contributed by atoms with E-state index in [-0.39, 0.29) is 12.0 Å². The predicted molar refractivity (Wildman–Crippen MR) is 105 cm³/mol. The third-order valence-electron chi connectivity index (χ3n) is 5.95. The van der Waals surface area contributed by atoms with Crippen LogP contribution in [-0.4, -0.2) is 42.7 Å². The molecule has 7 nitrogen and oxygen atoms in total. The fourth-order valence-electron chi connectivity index (χ4n) is 3.99. The molecule has 1 aromatic rings. The highest BCUT2D eigenvalue weighted by molar-refractivity contribution is 7.93. The summed E-state index contributed by atoms with van der Waals surface area (Å²) in [4.78, 5) is 21.6.